The SMILES string of the molecule is CONC(=CCC(=O)N(C)OC)c1ccc(Cl)c(Cl)c1. The third-order valence-corrected chi connectivity index (χ3v) is 3.29. The molecular weight excluding hydrogens is 303 g/mol. The van der Waals surface area contributed by atoms with Crippen LogP contribution in [0.4, 0.5) is 0 Å². The molecule has 0 saturated carbocycles. The van der Waals surface area contributed by atoms with Crippen LogP contribution in [0.5, 0.6) is 0 Å². The highest BCUT2D eigenvalue weighted by molar-refractivity contribution is 6.42. The maximum atomic E-state index is 11.7. The van der Waals surface area contributed by atoms with E-state index in [0.717, 1.165) is 10.6 Å². The normalized spacial score (nSPS) is 11.3. The average Bonchev–Trinajstić information content (AvgIpc) is 2.45. The van der Waals surface area contributed by atoms with Crippen LogP contribution in [0.3, 0.4) is 0 Å². The minimum absolute atomic E-state index is 0.149. The van der Waals surface area contributed by atoms with E-state index in [1.165, 1.54) is 14.2 Å². The molecule has 1 amide bonds. The summed E-state index contributed by atoms with van der Waals surface area (Å²) in [4.78, 5) is 21.4. The van der Waals surface area contributed by atoms with Gasteiger partial charge in [-0.2, -0.15) is 0 Å². The number of carbonyl (C=O) groups is 1. The van der Waals surface area contributed by atoms with Crippen molar-refractivity contribution in [3.05, 3.63) is 39.9 Å². The average molecular weight is 319 g/mol. The quantitative estimate of drug-likeness (QED) is 0.819. The highest BCUT2D eigenvalue weighted by Crippen LogP contribution is 2.25. The minimum Gasteiger partial charge on any atom is -0.279 e. The Labute approximate surface area is 128 Å². The second-order valence-electron chi connectivity index (χ2n) is 3.83. The van der Waals surface area contributed by atoms with Gasteiger partial charge < -0.3 is 0 Å². The van der Waals surface area contributed by atoms with Crippen molar-refractivity contribution >= 4 is 34.8 Å². The van der Waals surface area contributed by atoms with Gasteiger partial charge in [-0.1, -0.05) is 29.3 Å². The van der Waals surface area contributed by atoms with E-state index in [4.69, 9.17) is 32.9 Å². The van der Waals surface area contributed by atoms with E-state index < -0.39 is 0 Å². The van der Waals surface area contributed by atoms with Crippen molar-refractivity contribution in [3.63, 3.8) is 0 Å². The summed E-state index contributed by atoms with van der Waals surface area (Å²) in [6, 6.07) is 5.14. The lowest BCUT2D eigenvalue weighted by molar-refractivity contribution is -0.167. The summed E-state index contributed by atoms with van der Waals surface area (Å²) in [6.45, 7) is 0. The molecule has 0 aliphatic carbocycles. The number of nitrogens with one attached hydrogen (secondary N) is 1. The van der Waals surface area contributed by atoms with Crippen LogP contribution in [0.1, 0.15) is 12.0 Å². The number of nitrogens with zero attached hydrogens (tertiary/aromatic N) is 1. The van der Waals surface area contributed by atoms with Crippen molar-refractivity contribution in [2.45, 2.75) is 6.42 Å². The Kier molecular flexibility index (Phi) is 6.81. The van der Waals surface area contributed by atoms with Crippen LogP contribution < -0.4 is 5.48 Å². The molecule has 0 aliphatic heterocycles. The molecule has 0 radical (unpaired) electrons. The third kappa shape index (κ3) is 4.68. The summed E-state index contributed by atoms with van der Waals surface area (Å²) < 4.78 is 0. The maximum absolute atomic E-state index is 11.7. The summed E-state index contributed by atoms with van der Waals surface area (Å²) >= 11 is 11.8. The summed E-state index contributed by atoms with van der Waals surface area (Å²) in [5.74, 6) is -0.192. The molecule has 7 heteroatoms. The molecule has 0 aliphatic rings. The van der Waals surface area contributed by atoms with Crippen LogP contribution in [0.2, 0.25) is 10.0 Å². The molecule has 0 unspecified atom stereocenters. The first-order chi connectivity index (χ1) is 9.49. The van der Waals surface area contributed by atoms with Crippen molar-refractivity contribution in [2.24, 2.45) is 0 Å². The molecule has 1 N–H and O–H groups in total. The van der Waals surface area contributed by atoms with E-state index in [2.05, 4.69) is 5.48 Å². The molecule has 0 bridgehead atoms. The maximum Gasteiger partial charge on any atom is 0.249 e. The Balaban J connectivity index is 2.92. The molecule has 5 nitrogen and oxygen atoms in total. The monoisotopic (exact) mass is 318 g/mol. The number of amides is 1. The van der Waals surface area contributed by atoms with E-state index in [1.807, 2.05) is 0 Å². The van der Waals surface area contributed by atoms with Crippen LogP contribution >= 0.6 is 23.2 Å². The molecule has 1 rings (SSSR count). The first-order valence-corrected chi connectivity index (χ1v) is 6.50. The first kappa shape index (κ1) is 16.8. The molecule has 0 aromatic heterocycles. The number of carbonyl (C=O) groups excluding carboxylic acids is 1. The standard InChI is InChI=1S/C13H16Cl2N2O3/c1-17(20-3)13(18)7-6-12(16-19-2)9-4-5-10(14)11(15)8-9/h4-6,8,16H,7H2,1-3H3. The van der Waals surface area contributed by atoms with Gasteiger partial charge in [0.15, 0.2) is 0 Å². The van der Waals surface area contributed by atoms with E-state index in [0.29, 0.717) is 15.7 Å². The Bertz CT molecular complexity index is 506. The van der Waals surface area contributed by atoms with Gasteiger partial charge in [0.05, 0.1) is 30.0 Å². The van der Waals surface area contributed by atoms with Gasteiger partial charge in [-0.25, -0.2) is 5.06 Å². The molecule has 0 heterocycles. The van der Waals surface area contributed by atoms with Crippen molar-refractivity contribution in [3.8, 4) is 0 Å². The van der Waals surface area contributed by atoms with Gasteiger partial charge in [0, 0.05) is 19.0 Å². The summed E-state index contributed by atoms with van der Waals surface area (Å²) in [5, 5.41) is 2.03. The highest BCUT2D eigenvalue weighted by Gasteiger charge is 2.09. The van der Waals surface area contributed by atoms with Gasteiger partial charge in [-0.05, 0) is 18.2 Å². The number of halogens is 2. The number of hydrogen-bond donors (Lipinski definition) is 1. The summed E-state index contributed by atoms with van der Waals surface area (Å²) in [6.07, 6.45) is 1.83. The molecule has 0 atom stereocenters. The second-order valence-corrected chi connectivity index (χ2v) is 4.65. The van der Waals surface area contributed by atoms with Crippen LogP contribution in [-0.2, 0) is 14.5 Å². The fourth-order valence-electron chi connectivity index (χ4n) is 1.41. The lowest BCUT2D eigenvalue weighted by Crippen LogP contribution is -2.24. The zero-order valence-corrected chi connectivity index (χ0v) is 13.0. The van der Waals surface area contributed by atoms with Gasteiger partial charge in [-0.3, -0.25) is 19.9 Å². The topological polar surface area (TPSA) is 50.8 Å². The first-order valence-electron chi connectivity index (χ1n) is 5.74. The Hall–Kier alpha value is -1.27. The predicted octanol–water partition coefficient (Wildman–Crippen LogP) is 2.90. The van der Waals surface area contributed by atoms with Gasteiger partial charge in [-0.15, -0.1) is 0 Å². The number of benzene rings is 1. The molecule has 0 fully saturated rings. The number of hydroxylamine groups is 3. The highest BCUT2D eigenvalue weighted by atomic mass is 35.5. The van der Waals surface area contributed by atoms with Crippen LogP contribution in [-0.4, -0.2) is 32.2 Å². The Morgan fingerprint density at radius 1 is 1.35 bits per heavy atom. The van der Waals surface area contributed by atoms with Gasteiger partial charge in [0.25, 0.3) is 0 Å². The van der Waals surface area contributed by atoms with Crippen molar-refractivity contribution in [1.82, 2.24) is 10.5 Å². The zero-order chi connectivity index (χ0) is 15.1. The largest absolute Gasteiger partial charge is 0.279 e. The summed E-state index contributed by atoms with van der Waals surface area (Å²) in [5.41, 5.74) is 4.08. The van der Waals surface area contributed by atoms with Crippen LogP contribution in [0.25, 0.3) is 5.70 Å². The Morgan fingerprint density at radius 2 is 2.05 bits per heavy atom. The fourth-order valence-corrected chi connectivity index (χ4v) is 1.71. The van der Waals surface area contributed by atoms with E-state index in [1.54, 1.807) is 31.3 Å². The molecule has 0 saturated heterocycles. The smallest absolute Gasteiger partial charge is 0.249 e. The molecule has 110 valence electrons. The lowest BCUT2D eigenvalue weighted by atomic mass is 10.1. The predicted molar refractivity (Wildman–Crippen MR) is 79.0 cm³/mol. The lowest BCUT2D eigenvalue weighted by Gasteiger charge is -2.13. The van der Waals surface area contributed by atoms with Gasteiger partial charge in [0.1, 0.15) is 0 Å². The van der Waals surface area contributed by atoms with Crippen LogP contribution in [0.15, 0.2) is 24.3 Å². The second kappa shape index (κ2) is 8.11. The molecule has 20 heavy (non-hydrogen) atoms. The van der Waals surface area contributed by atoms with Crippen molar-refractivity contribution in [2.75, 3.05) is 21.3 Å². The minimum atomic E-state index is -0.192. The summed E-state index contributed by atoms with van der Waals surface area (Å²) in [7, 11) is 4.45. The molecule has 0 spiro atoms. The van der Waals surface area contributed by atoms with Crippen molar-refractivity contribution in [1.29, 1.82) is 0 Å². The third-order valence-electron chi connectivity index (χ3n) is 2.55. The zero-order valence-electron chi connectivity index (χ0n) is 11.4. The van der Waals surface area contributed by atoms with Gasteiger partial charge >= 0.3 is 0 Å². The molecule has 1 aromatic carbocycles. The van der Waals surface area contributed by atoms with Crippen molar-refractivity contribution < 1.29 is 14.5 Å². The number of rotatable bonds is 6. The van der Waals surface area contributed by atoms with Gasteiger partial charge in [0.2, 0.25) is 5.91 Å². The molecular formula is C13H16Cl2N2O3. The van der Waals surface area contributed by atoms with Crippen LogP contribution in [0, 0.1) is 0 Å². The Morgan fingerprint density at radius 3 is 2.60 bits per heavy atom. The molecule has 1 aromatic rings. The van der Waals surface area contributed by atoms with E-state index in [9.17, 15) is 4.79 Å². The van der Waals surface area contributed by atoms with E-state index >= 15 is 0 Å². The fraction of sp³-hybridized carbons (Fsp3) is 0.308. The van der Waals surface area contributed by atoms with E-state index in [-0.39, 0.29) is 12.3 Å². The number of hydrogen-bond acceptors (Lipinski definition) is 4.